The molecule has 0 saturated carbocycles. The van der Waals surface area contributed by atoms with E-state index >= 15 is 0 Å². The quantitative estimate of drug-likeness (QED) is 0.561. The molecule has 3 aliphatic heterocycles. The lowest BCUT2D eigenvalue weighted by Gasteiger charge is -2.44. The van der Waals surface area contributed by atoms with Gasteiger partial charge in [-0.1, -0.05) is 0 Å². The number of aromatic nitrogens is 1. The molecule has 2 saturated heterocycles. The molecule has 0 unspecified atom stereocenters. The van der Waals surface area contributed by atoms with Crippen molar-refractivity contribution in [2.24, 2.45) is 11.7 Å². The van der Waals surface area contributed by atoms with Crippen LogP contribution in [0, 0.1) is 5.92 Å². The molecule has 2 fully saturated rings. The lowest BCUT2D eigenvalue weighted by atomic mass is 9.83. The number of amides is 2. The summed E-state index contributed by atoms with van der Waals surface area (Å²) >= 11 is 2.82. The third kappa shape index (κ3) is 2.89. The fourth-order valence-electron chi connectivity index (χ4n) is 3.73. The van der Waals surface area contributed by atoms with Crippen molar-refractivity contribution in [3.8, 4) is 0 Å². The van der Waals surface area contributed by atoms with E-state index in [0.29, 0.717) is 29.5 Å². The summed E-state index contributed by atoms with van der Waals surface area (Å²) in [6.07, 6.45) is -0.325. The normalized spacial score (nSPS) is 25.9. The van der Waals surface area contributed by atoms with Gasteiger partial charge in [-0.3, -0.25) is 9.59 Å². The molecule has 27 heavy (non-hydrogen) atoms. The molecule has 3 atom stereocenters. The van der Waals surface area contributed by atoms with Crippen LogP contribution in [0.25, 0.3) is 0 Å². The number of aliphatic hydroxyl groups is 1. The van der Waals surface area contributed by atoms with Crippen molar-refractivity contribution in [2.75, 3.05) is 18.0 Å². The van der Waals surface area contributed by atoms with E-state index in [1.807, 2.05) is 4.90 Å². The van der Waals surface area contributed by atoms with Gasteiger partial charge in [-0.25, -0.2) is 9.78 Å². The summed E-state index contributed by atoms with van der Waals surface area (Å²) in [5, 5.41) is 21.8. The Kier molecular flexibility index (Phi) is 4.40. The fourth-order valence-corrected chi connectivity index (χ4v) is 6.04. The smallest absolute Gasteiger partial charge is 0.353 e. The average molecular weight is 410 g/mol. The maximum absolute atomic E-state index is 12.2. The summed E-state index contributed by atoms with van der Waals surface area (Å²) in [5.74, 6) is -2.52. The van der Waals surface area contributed by atoms with E-state index in [-0.39, 0.29) is 28.6 Å². The molecule has 0 aromatic carbocycles. The number of carboxylic acids is 1. The summed E-state index contributed by atoms with van der Waals surface area (Å²) in [5.41, 5.74) is 5.51. The molecule has 0 radical (unpaired) electrons. The molecule has 9 nitrogen and oxygen atoms in total. The van der Waals surface area contributed by atoms with E-state index in [1.54, 1.807) is 12.3 Å². The third-order valence-electron chi connectivity index (χ3n) is 5.06. The Balaban J connectivity index is 1.42. The van der Waals surface area contributed by atoms with Gasteiger partial charge in [0.05, 0.1) is 18.1 Å². The van der Waals surface area contributed by atoms with E-state index in [1.165, 1.54) is 28.0 Å². The molecular weight excluding hydrogens is 392 g/mol. The summed E-state index contributed by atoms with van der Waals surface area (Å²) in [6, 6.07) is -0.264. The highest BCUT2D eigenvalue weighted by atomic mass is 32.2. The second-order valence-corrected chi connectivity index (χ2v) is 9.08. The van der Waals surface area contributed by atoms with Crippen LogP contribution in [0.3, 0.4) is 0 Å². The van der Waals surface area contributed by atoms with Crippen LogP contribution in [-0.4, -0.2) is 68.4 Å². The van der Waals surface area contributed by atoms with Gasteiger partial charge in [0.2, 0.25) is 5.91 Å². The second-order valence-electron chi connectivity index (χ2n) is 6.85. The van der Waals surface area contributed by atoms with Gasteiger partial charge in [0.25, 0.3) is 5.91 Å². The van der Waals surface area contributed by atoms with Gasteiger partial charge < -0.3 is 25.7 Å². The predicted octanol–water partition coefficient (Wildman–Crippen LogP) is 0.0715. The molecule has 0 spiro atoms. The van der Waals surface area contributed by atoms with E-state index in [2.05, 4.69) is 4.98 Å². The molecule has 4 heterocycles. The average Bonchev–Trinajstić information content (AvgIpc) is 3.13. The predicted molar refractivity (Wildman–Crippen MR) is 99.3 cm³/mol. The number of thioether (sulfide) groups is 1. The molecule has 11 heteroatoms. The molecule has 4 N–H and O–H groups in total. The Labute approximate surface area is 162 Å². The van der Waals surface area contributed by atoms with Crippen molar-refractivity contribution in [1.29, 1.82) is 0 Å². The molecule has 0 bridgehead atoms. The number of carboxylic acid groups (broad SMARTS) is 1. The highest BCUT2D eigenvalue weighted by Gasteiger charge is 2.57. The van der Waals surface area contributed by atoms with Crippen molar-refractivity contribution in [1.82, 2.24) is 9.88 Å². The number of nitrogens with two attached hydrogens (primary N) is 1. The van der Waals surface area contributed by atoms with E-state index in [4.69, 9.17) is 5.73 Å². The zero-order chi connectivity index (χ0) is 19.5. The van der Waals surface area contributed by atoms with Crippen molar-refractivity contribution < 1.29 is 24.6 Å². The van der Waals surface area contributed by atoms with Gasteiger partial charge in [-0.2, -0.15) is 0 Å². The lowest BCUT2D eigenvalue weighted by molar-refractivity contribution is -0.161. The monoisotopic (exact) mass is 410 g/mol. The largest absolute Gasteiger partial charge is 0.477 e. The summed E-state index contributed by atoms with van der Waals surface area (Å²) in [7, 11) is 0. The van der Waals surface area contributed by atoms with Gasteiger partial charge in [0, 0.05) is 35.0 Å². The van der Waals surface area contributed by atoms with Gasteiger partial charge in [-0.15, -0.1) is 23.1 Å². The number of carbonyl (C=O) groups excluding carboxylic acids is 2. The second kappa shape index (κ2) is 6.50. The molecule has 1 aromatic heterocycles. The highest BCUT2D eigenvalue weighted by molar-refractivity contribution is 8.03. The number of thiazole rings is 1. The number of hydrogen-bond donors (Lipinski definition) is 3. The van der Waals surface area contributed by atoms with Crippen molar-refractivity contribution in [3.05, 3.63) is 21.7 Å². The Morgan fingerprint density at radius 3 is 2.70 bits per heavy atom. The van der Waals surface area contributed by atoms with Crippen LogP contribution < -0.4 is 10.6 Å². The molecule has 144 valence electrons. The standard InChI is InChI=1S/C16H18N4O5S2/c1-6(21)11-9-2-10(12(15(24)25)20(9)14(11)23)27-7-3-19(4-7)16-18-8(5-26-16)13(17)22/h5-7,9,11,21H,2-4H2,1H3,(H2,17,22)(H,24,25)/t6-,9-,11-/m1/s1. The fraction of sp³-hybridized carbons (Fsp3) is 0.500. The Hall–Kier alpha value is -2.11. The molecular formula is C16H18N4O5S2. The number of β-lactam (4-membered cyclic amide) rings is 1. The van der Waals surface area contributed by atoms with Crippen LogP contribution in [0.1, 0.15) is 23.8 Å². The van der Waals surface area contributed by atoms with Crippen LogP contribution in [0.15, 0.2) is 16.0 Å². The Morgan fingerprint density at radius 1 is 1.44 bits per heavy atom. The Morgan fingerprint density at radius 2 is 2.15 bits per heavy atom. The van der Waals surface area contributed by atoms with Crippen LogP contribution in [-0.2, 0) is 9.59 Å². The van der Waals surface area contributed by atoms with Crippen molar-refractivity contribution in [2.45, 2.75) is 30.7 Å². The first-order chi connectivity index (χ1) is 12.8. The summed E-state index contributed by atoms with van der Waals surface area (Å²) in [4.78, 5) is 43.2. The minimum absolute atomic E-state index is 0.0515. The number of fused-ring (bicyclic) bond motifs is 1. The van der Waals surface area contributed by atoms with E-state index in [0.717, 1.165) is 0 Å². The molecule has 0 aliphatic carbocycles. The first kappa shape index (κ1) is 18.3. The van der Waals surface area contributed by atoms with Gasteiger partial charge in [0.15, 0.2) is 5.13 Å². The molecule has 2 amide bonds. The van der Waals surface area contributed by atoms with Crippen molar-refractivity contribution in [3.63, 3.8) is 0 Å². The van der Waals surface area contributed by atoms with Crippen LogP contribution in [0.5, 0.6) is 0 Å². The van der Waals surface area contributed by atoms with Gasteiger partial charge >= 0.3 is 5.97 Å². The number of aliphatic hydroxyl groups excluding tert-OH is 1. The Bertz CT molecular complexity index is 861. The SMILES string of the molecule is C[C@@H](O)[C@H]1C(=O)N2C(C(=O)O)=C(SC3CN(c4nc(C(N)=O)cs4)C3)C[C@H]12. The molecule has 1 aromatic rings. The highest BCUT2D eigenvalue weighted by Crippen LogP contribution is 2.49. The minimum Gasteiger partial charge on any atom is -0.477 e. The lowest BCUT2D eigenvalue weighted by Crippen LogP contribution is -2.61. The number of nitrogens with zero attached hydrogens (tertiary/aromatic N) is 3. The van der Waals surface area contributed by atoms with E-state index < -0.39 is 23.9 Å². The maximum atomic E-state index is 12.2. The summed E-state index contributed by atoms with van der Waals surface area (Å²) in [6.45, 7) is 2.90. The van der Waals surface area contributed by atoms with Crippen molar-refractivity contribution >= 4 is 46.0 Å². The number of carbonyl (C=O) groups is 3. The van der Waals surface area contributed by atoms with Gasteiger partial charge in [0.1, 0.15) is 11.4 Å². The zero-order valence-electron chi connectivity index (χ0n) is 14.4. The molecule has 4 rings (SSSR count). The van der Waals surface area contributed by atoms with Crippen LogP contribution in [0.2, 0.25) is 0 Å². The number of anilines is 1. The zero-order valence-corrected chi connectivity index (χ0v) is 16.0. The van der Waals surface area contributed by atoms with Crippen LogP contribution in [0.4, 0.5) is 5.13 Å². The molecule has 3 aliphatic rings. The minimum atomic E-state index is -1.11. The number of hydrogen-bond acceptors (Lipinski definition) is 8. The van der Waals surface area contributed by atoms with Gasteiger partial charge in [-0.05, 0) is 6.92 Å². The number of aliphatic carboxylic acids is 1. The third-order valence-corrected chi connectivity index (χ3v) is 7.24. The number of primary amides is 1. The maximum Gasteiger partial charge on any atom is 0.353 e. The topological polar surface area (TPSA) is 137 Å². The summed E-state index contributed by atoms with van der Waals surface area (Å²) < 4.78 is 0. The van der Waals surface area contributed by atoms with Crippen LogP contribution >= 0.6 is 23.1 Å². The number of rotatable bonds is 6. The first-order valence-electron chi connectivity index (χ1n) is 8.42. The van der Waals surface area contributed by atoms with E-state index in [9.17, 15) is 24.6 Å². The first-order valence-corrected chi connectivity index (χ1v) is 10.2.